The Bertz CT molecular complexity index is 727. The number of aromatic amines is 1. The van der Waals surface area contributed by atoms with Crippen molar-refractivity contribution >= 4 is 11.6 Å². The average Bonchev–Trinajstić information content (AvgIpc) is 3.19. The van der Waals surface area contributed by atoms with E-state index in [1.165, 1.54) is 0 Å². The Hall–Kier alpha value is -2.82. The third-order valence-corrected chi connectivity index (χ3v) is 3.19. The van der Waals surface area contributed by atoms with Crippen LogP contribution in [0.15, 0.2) is 53.3 Å². The van der Waals surface area contributed by atoms with Crippen LogP contribution in [0.1, 0.15) is 23.2 Å². The number of benzene rings is 1. The van der Waals surface area contributed by atoms with E-state index in [4.69, 9.17) is 4.42 Å². The largest absolute Gasteiger partial charge is 0.456 e. The van der Waals surface area contributed by atoms with Gasteiger partial charge in [-0.1, -0.05) is 19.1 Å². The first kappa shape index (κ1) is 13.2. The first-order valence-electron chi connectivity index (χ1n) is 6.75. The fourth-order valence-electron chi connectivity index (χ4n) is 2.03. The first-order chi connectivity index (χ1) is 10.3. The lowest BCUT2D eigenvalue weighted by Gasteiger charge is -2.04. The molecule has 0 saturated heterocycles. The second kappa shape index (κ2) is 5.66. The summed E-state index contributed by atoms with van der Waals surface area (Å²) in [6.07, 6.45) is 4.15. The van der Waals surface area contributed by atoms with Crippen molar-refractivity contribution in [3.63, 3.8) is 0 Å². The molecule has 0 aliphatic rings. The average molecular weight is 281 g/mol. The van der Waals surface area contributed by atoms with Gasteiger partial charge in [0.15, 0.2) is 5.76 Å². The Morgan fingerprint density at radius 1 is 1.24 bits per heavy atom. The van der Waals surface area contributed by atoms with Crippen LogP contribution in [0.3, 0.4) is 0 Å². The molecule has 0 unspecified atom stereocenters. The van der Waals surface area contributed by atoms with Crippen LogP contribution in [0.25, 0.3) is 11.3 Å². The van der Waals surface area contributed by atoms with Gasteiger partial charge in [-0.25, -0.2) is 4.98 Å². The molecule has 0 spiro atoms. The van der Waals surface area contributed by atoms with Crippen molar-refractivity contribution in [1.29, 1.82) is 0 Å². The van der Waals surface area contributed by atoms with Crippen LogP contribution < -0.4 is 5.32 Å². The van der Waals surface area contributed by atoms with E-state index in [1.807, 2.05) is 37.3 Å². The number of furan rings is 1. The maximum Gasteiger partial charge on any atom is 0.291 e. The molecule has 0 aliphatic heterocycles. The van der Waals surface area contributed by atoms with Gasteiger partial charge < -0.3 is 14.7 Å². The van der Waals surface area contributed by atoms with Crippen molar-refractivity contribution in [2.24, 2.45) is 0 Å². The van der Waals surface area contributed by atoms with Gasteiger partial charge in [0.2, 0.25) is 0 Å². The minimum Gasteiger partial charge on any atom is -0.456 e. The number of rotatable bonds is 4. The zero-order valence-corrected chi connectivity index (χ0v) is 11.6. The predicted molar refractivity (Wildman–Crippen MR) is 80.1 cm³/mol. The van der Waals surface area contributed by atoms with Gasteiger partial charge >= 0.3 is 0 Å². The highest BCUT2D eigenvalue weighted by Gasteiger charge is 2.11. The van der Waals surface area contributed by atoms with Gasteiger partial charge in [0, 0.05) is 12.1 Å². The van der Waals surface area contributed by atoms with E-state index >= 15 is 0 Å². The second-order valence-electron chi connectivity index (χ2n) is 4.62. The number of anilines is 1. The number of nitrogens with one attached hydrogen (secondary N) is 2. The predicted octanol–water partition coefficient (Wildman–Crippen LogP) is 3.48. The lowest BCUT2D eigenvalue weighted by molar-refractivity contribution is 0.0995. The third kappa shape index (κ3) is 2.86. The third-order valence-electron chi connectivity index (χ3n) is 3.19. The molecular formula is C16H15N3O2. The van der Waals surface area contributed by atoms with Gasteiger partial charge in [-0.15, -0.1) is 0 Å². The van der Waals surface area contributed by atoms with E-state index in [9.17, 15) is 4.79 Å². The SMILES string of the molecule is CCc1ccc(C(=O)Nc2ccc(-c3cnc[nH]3)cc2)o1. The number of amides is 1. The first-order valence-corrected chi connectivity index (χ1v) is 6.75. The quantitative estimate of drug-likeness (QED) is 0.769. The van der Waals surface area contributed by atoms with Gasteiger partial charge in [-0.3, -0.25) is 4.79 Å². The number of carbonyl (C=O) groups excluding carboxylic acids is 1. The minimum absolute atomic E-state index is 0.246. The van der Waals surface area contributed by atoms with Crippen molar-refractivity contribution in [3.8, 4) is 11.3 Å². The highest BCUT2D eigenvalue weighted by molar-refractivity contribution is 6.02. The van der Waals surface area contributed by atoms with Crippen molar-refractivity contribution in [2.75, 3.05) is 5.32 Å². The molecule has 0 radical (unpaired) electrons. The molecule has 2 N–H and O–H groups in total. The normalized spacial score (nSPS) is 10.5. The molecule has 21 heavy (non-hydrogen) atoms. The van der Waals surface area contributed by atoms with E-state index < -0.39 is 0 Å². The summed E-state index contributed by atoms with van der Waals surface area (Å²) in [6.45, 7) is 1.98. The number of nitrogens with zero attached hydrogens (tertiary/aromatic N) is 1. The number of hydrogen-bond acceptors (Lipinski definition) is 3. The Kier molecular flexibility index (Phi) is 3.55. The van der Waals surface area contributed by atoms with Crippen molar-refractivity contribution in [2.45, 2.75) is 13.3 Å². The molecule has 3 rings (SSSR count). The van der Waals surface area contributed by atoms with E-state index in [2.05, 4.69) is 15.3 Å². The summed E-state index contributed by atoms with van der Waals surface area (Å²) in [7, 11) is 0. The molecule has 5 heteroatoms. The maximum absolute atomic E-state index is 12.0. The highest BCUT2D eigenvalue weighted by atomic mass is 16.3. The van der Waals surface area contributed by atoms with E-state index in [0.29, 0.717) is 5.76 Å². The number of imidazole rings is 1. The smallest absolute Gasteiger partial charge is 0.291 e. The lowest BCUT2D eigenvalue weighted by Crippen LogP contribution is -2.10. The van der Waals surface area contributed by atoms with Gasteiger partial charge in [-0.2, -0.15) is 0 Å². The molecule has 0 atom stereocenters. The zero-order chi connectivity index (χ0) is 14.7. The number of aromatic nitrogens is 2. The number of aryl methyl sites for hydroxylation is 1. The Labute approximate surface area is 122 Å². The van der Waals surface area contributed by atoms with Crippen LogP contribution in [-0.2, 0) is 6.42 Å². The van der Waals surface area contributed by atoms with Crippen LogP contribution in [0.4, 0.5) is 5.69 Å². The number of H-pyrrole nitrogens is 1. The zero-order valence-electron chi connectivity index (χ0n) is 11.6. The fourth-order valence-corrected chi connectivity index (χ4v) is 2.03. The van der Waals surface area contributed by atoms with Crippen LogP contribution in [-0.4, -0.2) is 15.9 Å². The van der Waals surface area contributed by atoms with Gasteiger partial charge in [0.05, 0.1) is 18.2 Å². The van der Waals surface area contributed by atoms with Crippen LogP contribution in [0.5, 0.6) is 0 Å². The van der Waals surface area contributed by atoms with Crippen LogP contribution in [0.2, 0.25) is 0 Å². The second-order valence-corrected chi connectivity index (χ2v) is 4.62. The molecule has 0 aliphatic carbocycles. The molecule has 1 aromatic carbocycles. The number of carbonyl (C=O) groups is 1. The molecule has 2 heterocycles. The molecule has 1 amide bonds. The van der Waals surface area contributed by atoms with E-state index in [-0.39, 0.29) is 5.91 Å². The fraction of sp³-hybridized carbons (Fsp3) is 0.125. The number of hydrogen-bond donors (Lipinski definition) is 2. The van der Waals surface area contributed by atoms with Gasteiger partial charge in [-0.05, 0) is 29.8 Å². The Balaban J connectivity index is 1.71. The van der Waals surface area contributed by atoms with E-state index in [0.717, 1.165) is 29.1 Å². The topological polar surface area (TPSA) is 70.9 Å². The molecule has 5 nitrogen and oxygen atoms in total. The molecule has 0 saturated carbocycles. The Morgan fingerprint density at radius 2 is 2.05 bits per heavy atom. The summed E-state index contributed by atoms with van der Waals surface area (Å²) < 4.78 is 5.42. The van der Waals surface area contributed by atoms with Gasteiger partial charge in [0.1, 0.15) is 5.76 Å². The molecule has 0 fully saturated rings. The van der Waals surface area contributed by atoms with Crippen LogP contribution >= 0.6 is 0 Å². The Morgan fingerprint density at radius 3 is 2.67 bits per heavy atom. The minimum atomic E-state index is -0.246. The molecule has 2 aromatic heterocycles. The van der Waals surface area contributed by atoms with Crippen molar-refractivity contribution in [3.05, 3.63) is 60.4 Å². The van der Waals surface area contributed by atoms with Gasteiger partial charge in [0.25, 0.3) is 5.91 Å². The maximum atomic E-state index is 12.0. The standard InChI is InChI=1S/C16H15N3O2/c1-2-13-7-8-15(21-13)16(20)19-12-5-3-11(4-6-12)14-9-17-10-18-14/h3-10H,2H2,1H3,(H,17,18)(H,19,20). The van der Waals surface area contributed by atoms with Crippen molar-refractivity contribution in [1.82, 2.24) is 9.97 Å². The summed E-state index contributed by atoms with van der Waals surface area (Å²) in [5, 5.41) is 2.81. The summed E-state index contributed by atoms with van der Waals surface area (Å²) in [5.41, 5.74) is 2.67. The molecule has 3 aromatic rings. The summed E-state index contributed by atoms with van der Waals surface area (Å²) in [6, 6.07) is 11.0. The van der Waals surface area contributed by atoms with E-state index in [1.54, 1.807) is 18.6 Å². The summed E-state index contributed by atoms with van der Waals surface area (Å²) in [4.78, 5) is 19.1. The van der Waals surface area contributed by atoms with Crippen LogP contribution in [0, 0.1) is 0 Å². The summed E-state index contributed by atoms with van der Waals surface area (Å²) in [5.74, 6) is 0.878. The highest BCUT2D eigenvalue weighted by Crippen LogP contribution is 2.19. The van der Waals surface area contributed by atoms with Crippen molar-refractivity contribution < 1.29 is 9.21 Å². The summed E-state index contributed by atoms with van der Waals surface area (Å²) >= 11 is 0. The molecular weight excluding hydrogens is 266 g/mol. The molecule has 106 valence electrons. The lowest BCUT2D eigenvalue weighted by atomic mass is 10.1. The molecule has 0 bridgehead atoms. The monoisotopic (exact) mass is 281 g/mol.